The number of nitrogens with zero attached hydrogens (tertiary/aromatic N) is 2. The minimum Gasteiger partial charge on any atom is -0.336 e. The quantitative estimate of drug-likeness (QED) is 0.736. The second-order valence-electron chi connectivity index (χ2n) is 7.11. The molecule has 0 bridgehead atoms. The topological polar surface area (TPSA) is 52.7 Å². The number of anilines is 1. The van der Waals surface area contributed by atoms with Crippen LogP contribution in [0.4, 0.5) is 5.69 Å². The van der Waals surface area contributed by atoms with Crippen molar-refractivity contribution in [3.8, 4) is 0 Å². The van der Waals surface area contributed by atoms with Gasteiger partial charge in [0, 0.05) is 49.9 Å². The fourth-order valence-corrected chi connectivity index (χ4v) is 3.69. The van der Waals surface area contributed by atoms with Crippen molar-refractivity contribution in [2.45, 2.75) is 19.8 Å². The Balaban J connectivity index is 1.51. The van der Waals surface area contributed by atoms with Crippen molar-refractivity contribution in [3.63, 3.8) is 0 Å². The van der Waals surface area contributed by atoms with Crippen LogP contribution in [0.25, 0.3) is 0 Å². The number of piperazine rings is 1. The van der Waals surface area contributed by atoms with Gasteiger partial charge in [-0.15, -0.1) is 0 Å². The molecule has 1 N–H and O–H groups in total. The highest BCUT2D eigenvalue weighted by Crippen LogP contribution is 2.23. The number of benzene rings is 2. The molecule has 1 aliphatic heterocycles. The lowest BCUT2D eigenvalue weighted by Gasteiger charge is -2.35. The van der Waals surface area contributed by atoms with Crippen LogP contribution in [0.5, 0.6) is 0 Å². The molecular formula is C22H25Cl2N3O2. The molecule has 0 atom stereocenters. The minimum atomic E-state index is -0.0881. The summed E-state index contributed by atoms with van der Waals surface area (Å²) < 4.78 is 0. The predicted octanol–water partition coefficient (Wildman–Crippen LogP) is 4.34. The number of hydrogen-bond acceptors (Lipinski definition) is 3. The SMILES string of the molecule is CCC(=O)Nc1ccc(C(=O)N2CCN(CCc3ccc(Cl)cc3)CC2)c(Cl)c1. The van der Waals surface area contributed by atoms with Crippen molar-refractivity contribution in [2.75, 3.05) is 38.0 Å². The van der Waals surface area contributed by atoms with Crippen LogP contribution >= 0.6 is 23.2 Å². The average Bonchev–Trinajstić information content (AvgIpc) is 2.73. The summed E-state index contributed by atoms with van der Waals surface area (Å²) in [7, 11) is 0. The molecule has 0 aromatic heterocycles. The minimum absolute atomic E-state index is 0.0688. The summed E-state index contributed by atoms with van der Waals surface area (Å²) >= 11 is 12.2. The van der Waals surface area contributed by atoms with E-state index in [0.29, 0.717) is 35.8 Å². The number of rotatable bonds is 6. The first-order valence-electron chi connectivity index (χ1n) is 9.81. The molecule has 154 valence electrons. The molecule has 3 rings (SSSR count). The molecule has 2 aromatic rings. The molecular weight excluding hydrogens is 409 g/mol. The van der Waals surface area contributed by atoms with Crippen LogP contribution < -0.4 is 5.32 Å². The smallest absolute Gasteiger partial charge is 0.255 e. The maximum Gasteiger partial charge on any atom is 0.255 e. The van der Waals surface area contributed by atoms with Gasteiger partial charge < -0.3 is 10.2 Å². The van der Waals surface area contributed by atoms with E-state index in [4.69, 9.17) is 23.2 Å². The zero-order valence-electron chi connectivity index (χ0n) is 16.5. The fraction of sp³-hybridized carbons (Fsp3) is 0.364. The highest BCUT2D eigenvalue weighted by atomic mass is 35.5. The molecule has 1 aliphatic rings. The van der Waals surface area contributed by atoms with E-state index in [1.165, 1.54) is 5.56 Å². The van der Waals surface area contributed by atoms with Gasteiger partial charge in [0.1, 0.15) is 0 Å². The molecule has 0 saturated carbocycles. The van der Waals surface area contributed by atoms with Crippen molar-refractivity contribution < 1.29 is 9.59 Å². The molecule has 2 amide bonds. The Morgan fingerprint density at radius 1 is 1.00 bits per heavy atom. The van der Waals surface area contributed by atoms with Crippen molar-refractivity contribution in [2.24, 2.45) is 0 Å². The molecule has 0 spiro atoms. The number of nitrogens with one attached hydrogen (secondary N) is 1. The Bertz CT molecular complexity index is 863. The van der Waals surface area contributed by atoms with Gasteiger partial charge in [0.25, 0.3) is 5.91 Å². The first kappa shape index (κ1) is 21.6. The second-order valence-corrected chi connectivity index (χ2v) is 7.95. The molecule has 1 saturated heterocycles. The number of carbonyl (C=O) groups excluding carboxylic acids is 2. The molecule has 0 unspecified atom stereocenters. The standard InChI is InChI=1S/C22H25Cl2N3O2/c1-2-21(28)25-18-7-8-19(20(24)15-18)22(29)27-13-11-26(12-14-27)10-9-16-3-5-17(23)6-4-16/h3-8,15H,2,9-14H2,1H3,(H,25,28). The summed E-state index contributed by atoms with van der Waals surface area (Å²) in [5.41, 5.74) is 2.33. The van der Waals surface area contributed by atoms with Crippen LogP contribution in [0.2, 0.25) is 10.0 Å². The van der Waals surface area contributed by atoms with Crippen LogP contribution in [0.1, 0.15) is 29.3 Å². The number of hydrogen-bond donors (Lipinski definition) is 1. The highest BCUT2D eigenvalue weighted by molar-refractivity contribution is 6.34. The lowest BCUT2D eigenvalue weighted by atomic mass is 10.1. The molecule has 5 nitrogen and oxygen atoms in total. The van der Waals surface area contributed by atoms with E-state index in [9.17, 15) is 9.59 Å². The summed E-state index contributed by atoms with van der Waals surface area (Å²) in [6.07, 6.45) is 1.35. The van der Waals surface area contributed by atoms with Gasteiger partial charge in [0.15, 0.2) is 0 Å². The molecule has 2 aromatic carbocycles. The van der Waals surface area contributed by atoms with Crippen LogP contribution in [0, 0.1) is 0 Å². The van der Waals surface area contributed by atoms with Crippen molar-refractivity contribution in [3.05, 3.63) is 63.6 Å². The van der Waals surface area contributed by atoms with Gasteiger partial charge >= 0.3 is 0 Å². The molecule has 1 fully saturated rings. The summed E-state index contributed by atoms with van der Waals surface area (Å²) in [6.45, 7) is 5.75. The fourth-order valence-electron chi connectivity index (χ4n) is 3.30. The number of carbonyl (C=O) groups is 2. The Morgan fingerprint density at radius 2 is 1.69 bits per heavy atom. The second kappa shape index (κ2) is 10.1. The first-order valence-corrected chi connectivity index (χ1v) is 10.6. The Hall–Kier alpha value is -2.08. The number of amides is 2. The average molecular weight is 434 g/mol. The van der Waals surface area contributed by atoms with E-state index in [2.05, 4.69) is 22.3 Å². The summed E-state index contributed by atoms with van der Waals surface area (Å²) in [4.78, 5) is 28.6. The van der Waals surface area contributed by atoms with Gasteiger partial charge in [-0.3, -0.25) is 14.5 Å². The third-order valence-electron chi connectivity index (χ3n) is 5.09. The van der Waals surface area contributed by atoms with Crippen molar-refractivity contribution in [1.29, 1.82) is 0 Å². The molecule has 0 radical (unpaired) electrons. The van der Waals surface area contributed by atoms with E-state index in [1.807, 2.05) is 17.0 Å². The highest BCUT2D eigenvalue weighted by Gasteiger charge is 2.23. The van der Waals surface area contributed by atoms with E-state index in [0.717, 1.165) is 31.1 Å². The summed E-state index contributed by atoms with van der Waals surface area (Å²) in [6, 6.07) is 13.0. The largest absolute Gasteiger partial charge is 0.336 e. The normalized spacial score (nSPS) is 14.7. The Labute approximate surface area is 181 Å². The van der Waals surface area contributed by atoms with Crippen LogP contribution in [-0.2, 0) is 11.2 Å². The lowest BCUT2D eigenvalue weighted by molar-refractivity contribution is -0.115. The van der Waals surface area contributed by atoms with Gasteiger partial charge in [0.2, 0.25) is 5.91 Å². The van der Waals surface area contributed by atoms with Gasteiger partial charge in [-0.1, -0.05) is 42.3 Å². The van der Waals surface area contributed by atoms with Gasteiger partial charge in [-0.25, -0.2) is 0 Å². The Kier molecular flexibility index (Phi) is 7.53. The van der Waals surface area contributed by atoms with E-state index >= 15 is 0 Å². The molecule has 29 heavy (non-hydrogen) atoms. The van der Waals surface area contributed by atoms with E-state index < -0.39 is 0 Å². The van der Waals surface area contributed by atoms with Crippen molar-refractivity contribution in [1.82, 2.24) is 9.80 Å². The third kappa shape index (κ3) is 5.95. The number of halogens is 2. The van der Waals surface area contributed by atoms with Crippen LogP contribution in [0.3, 0.4) is 0 Å². The molecule has 7 heteroatoms. The first-order chi connectivity index (χ1) is 14.0. The van der Waals surface area contributed by atoms with Crippen LogP contribution in [0.15, 0.2) is 42.5 Å². The summed E-state index contributed by atoms with van der Waals surface area (Å²) in [5, 5.41) is 3.86. The maximum absolute atomic E-state index is 12.9. The van der Waals surface area contributed by atoms with Gasteiger partial charge in [0.05, 0.1) is 10.6 Å². The summed E-state index contributed by atoms with van der Waals surface area (Å²) in [5.74, 6) is -0.157. The monoisotopic (exact) mass is 433 g/mol. The zero-order valence-corrected chi connectivity index (χ0v) is 18.0. The maximum atomic E-state index is 12.9. The zero-order chi connectivity index (χ0) is 20.8. The molecule has 1 heterocycles. The Morgan fingerprint density at radius 3 is 2.31 bits per heavy atom. The van der Waals surface area contributed by atoms with Gasteiger partial charge in [-0.2, -0.15) is 0 Å². The third-order valence-corrected chi connectivity index (χ3v) is 5.66. The predicted molar refractivity (Wildman–Crippen MR) is 118 cm³/mol. The van der Waals surface area contributed by atoms with E-state index in [1.54, 1.807) is 25.1 Å². The van der Waals surface area contributed by atoms with E-state index in [-0.39, 0.29) is 11.8 Å². The lowest BCUT2D eigenvalue weighted by Crippen LogP contribution is -2.49. The van der Waals surface area contributed by atoms with Crippen molar-refractivity contribution >= 4 is 40.7 Å². The van der Waals surface area contributed by atoms with Crippen LogP contribution in [-0.4, -0.2) is 54.3 Å². The van der Waals surface area contributed by atoms with Gasteiger partial charge in [-0.05, 0) is 42.3 Å². The molecule has 0 aliphatic carbocycles.